The Morgan fingerprint density at radius 2 is 1.66 bits per heavy atom. The largest absolute Gasteiger partial charge is 0.341 e. The van der Waals surface area contributed by atoms with Gasteiger partial charge in [-0.1, -0.05) is 60.7 Å². The lowest BCUT2D eigenvalue weighted by atomic mass is 10.1. The third-order valence-corrected chi connectivity index (χ3v) is 6.78. The Hall–Kier alpha value is -3.45. The van der Waals surface area contributed by atoms with Crippen molar-refractivity contribution in [1.29, 1.82) is 0 Å². The van der Waals surface area contributed by atoms with Crippen LogP contribution in [0.15, 0.2) is 65.5 Å². The number of anilines is 1. The normalized spacial score (nSPS) is 16.3. The molecule has 4 aromatic rings. The van der Waals surface area contributed by atoms with Crippen molar-refractivity contribution in [1.82, 2.24) is 19.1 Å². The average Bonchev–Trinajstić information content (AvgIpc) is 3.22. The lowest BCUT2D eigenvalue weighted by Gasteiger charge is -2.31. The number of hydrogen-bond acceptors (Lipinski definition) is 5. The molecule has 1 atom stereocenters. The molecule has 1 aliphatic heterocycles. The Morgan fingerprint density at radius 3 is 2.31 bits per heavy atom. The van der Waals surface area contributed by atoms with Gasteiger partial charge in [0.15, 0.2) is 11.2 Å². The fourth-order valence-corrected chi connectivity index (χ4v) is 5.08. The van der Waals surface area contributed by atoms with E-state index >= 15 is 0 Å². The van der Waals surface area contributed by atoms with Gasteiger partial charge < -0.3 is 10.6 Å². The molecule has 1 unspecified atom stereocenters. The Labute approximate surface area is 206 Å². The summed E-state index contributed by atoms with van der Waals surface area (Å²) in [6, 6.07) is 20.7. The van der Waals surface area contributed by atoms with Gasteiger partial charge in [-0.05, 0) is 44.2 Å². The van der Waals surface area contributed by atoms with Crippen LogP contribution in [0.2, 0.25) is 0 Å². The van der Waals surface area contributed by atoms with Gasteiger partial charge in [-0.15, -0.1) is 0 Å². The summed E-state index contributed by atoms with van der Waals surface area (Å²) in [6.45, 7) is 6.27. The van der Waals surface area contributed by atoms with E-state index in [0.717, 1.165) is 49.7 Å². The number of fused-ring (bicyclic) bond motifs is 1. The first kappa shape index (κ1) is 23.3. The summed E-state index contributed by atoms with van der Waals surface area (Å²) in [6.07, 6.45) is 3.53. The van der Waals surface area contributed by atoms with Gasteiger partial charge in [0, 0.05) is 31.6 Å². The standard InChI is InChI=1S/C28H34N6O/c1-20(2)34-24(16-15-21-10-5-3-6-11-21)30-26-25(27(34)35)33(18-22-12-7-4-8-13-22)28(31-26)32-17-9-14-23(29)19-32/h3-8,10-13,20,23H,9,14-19,29H2,1-2H3. The van der Waals surface area contributed by atoms with Gasteiger partial charge in [-0.25, -0.2) is 4.98 Å². The minimum atomic E-state index is -0.0240. The molecule has 7 heteroatoms. The van der Waals surface area contributed by atoms with Crippen molar-refractivity contribution in [2.45, 2.75) is 58.2 Å². The molecule has 0 saturated carbocycles. The predicted octanol–water partition coefficient (Wildman–Crippen LogP) is 3.93. The predicted molar refractivity (Wildman–Crippen MR) is 141 cm³/mol. The summed E-state index contributed by atoms with van der Waals surface area (Å²) in [5.74, 6) is 1.58. The van der Waals surface area contributed by atoms with Crippen molar-refractivity contribution in [3.8, 4) is 0 Å². The van der Waals surface area contributed by atoms with Gasteiger partial charge in [0.05, 0.1) is 6.54 Å². The van der Waals surface area contributed by atoms with E-state index < -0.39 is 0 Å². The number of nitrogens with zero attached hydrogens (tertiary/aromatic N) is 5. The molecule has 0 bridgehead atoms. The van der Waals surface area contributed by atoms with Crippen LogP contribution in [-0.2, 0) is 19.4 Å². The van der Waals surface area contributed by atoms with Crippen molar-refractivity contribution in [2.24, 2.45) is 5.73 Å². The molecule has 2 N–H and O–H groups in total. The van der Waals surface area contributed by atoms with Crippen LogP contribution in [-0.4, -0.2) is 38.2 Å². The van der Waals surface area contributed by atoms with E-state index in [1.807, 2.05) is 54.8 Å². The van der Waals surface area contributed by atoms with Gasteiger partial charge in [0.1, 0.15) is 5.82 Å². The molecule has 2 aromatic carbocycles. The first-order valence-corrected chi connectivity index (χ1v) is 12.6. The van der Waals surface area contributed by atoms with Crippen LogP contribution in [0.5, 0.6) is 0 Å². The molecule has 5 rings (SSSR count). The fraction of sp³-hybridized carbons (Fsp3) is 0.393. The Bertz CT molecular complexity index is 1340. The summed E-state index contributed by atoms with van der Waals surface area (Å²) in [5.41, 5.74) is 9.74. The second-order valence-electron chi connectivity index (χ2n) is 9.79. The second-order valence-corrected chi connectivity index (χ2v) is 9.79. The van der Waals surface area contributed by atoms with Crippen LogP contribution in [0.25, 0.3) is 11.2 Å². The van der Waals surface area contributed by atoms with E-state index in [0.29, 0.717) is 24.1 Å². The number of hydrogen-bond donors (Lipinski definition) is 1. The highest BCUT2D eigenvalue weighted by molar-refractivity contribution is 5.74. The third kappa shape index (κ3) is 4.86. The smallest absolute Gasteiger partial charge is 0.280 e. The highest BCUT2D eigenvalue weighted by Crippen LogP contribution is 2.25. The summed E-state index contributed by atoms with van der Waals surface area (Å²) < 4.78 is 3.90. The summed E-state index contributed by atoms with van der Waals surface area (Å²) in [7, 11) is 0. The average molecular weight is 471 g/mol. The highest BCUT2D eigenvalue weighted by atomic mass is 16.1. The second kappa shape index (κ2) is 10.0. The van der Waals surface area contributed by atoms with Gasteiger partial charge in [0.25, 0.3) is 5.56 Å². The highest BCUT2D eigenvalue weighted by Gasteiger charge is 2.26. The number of aromatic nitrogens is 4. The number of piperidine rings is 1. The molecule has 1 aliphatic rings. The monoisotopic (exact) mass is 470 g/mol. The van der Waals surface area contributed by atoms with Gasteiger partial charge in [-0.3, -0.25) is 13.9 Å². The van der Waals surface area contributed by atoms with Crippen LogP contribution in [0.1, 0.15) is 49.7 Å². The molecule has 0 aliphatic carbocycles. The molecular weight excluding hydrogens is 436 g/mol. The zero-order valence-electron chi connectivity index (χ0n) is 20.6. The molecule has 1 saturated heterocycles. The molecular formula is C28H34N6O. The Kier molecular flexibility index (Phi) is 6.68. The summed E-state index contributed by atoms with van der Waals surface area (Å²) >= 11 is 0. The maximum absolute atomic E-state index is 14.0. The summed E-state index contributed by atoms with van der Waals surface area (Å²) in [4.78, 5) is 26.2. The Balaban J connectivity index is 1.64. The lowest BCUT2D eigenvalue weighted by Crippen LogP contribution is -2.44. The maximum Gasteiger partial charge on any atom is 0.280 e. The van der Waals surface area contributed by atoms with Crippen molar-refractivity contribution in [2.75, 3.05) is 18.0 Å². The quantitative estimate of drug-likeness (QED) is 0.443. The van der Waals surface area contributed by atoms with E-state index in [2.05, 4.69) is 33.7 Å². The van der Waals surface area contributed by atoms with Crippen molar-refractivity contribution in [3.63, 3.8) is 0 Å². The van der Waals surface area contributed by atoms with Crippen LogP contribution in [0.3, 0.4) is 0 Å². The first-order valence-electron chi connectivity index (χ1n) is 12.6. The number of aryl methyl sites for hydroxylation is 2. The molecule has 2 aromatic heterocycles. The van der Waals surface area contributed by atoms with Crippen LogP contribution in [0, 0.1) is 0 Å². The van der Waals surface area contributed by atoms with Crippen molar-refractivity contribution in [3.05, 3.63) is 88.0 Å². The van der Waals surface area contributed by atoms with Gasteiger partial charge in [0.2, 0.25) is 5.95 Å². The number of benzene rings is 2. The molecule has 0 radical (unpaired) electrons. The summed E-state index contributed by atoms with van der Waals surface area (Å²) in [5, 5.41) is 0. The van der Waals surface area contributed by atoms with E-state index in [9.17, 15) is 4.79 Å². The minimum Gasteiger partial charge on any atom is -0.341 e. The topological polar surface area (TPSA) is 82.0 Å². The maximum atomic E-state index is 14.0. The minimum absolute atomic E-state index is 0.00268. The molecule has 35 heavy (non-hydrogen) atoms. The third-order valence-electron chi connectivity index (χ3n) is 6.78. The van der Waals surface area contributed by atoms with Crippen LogP contribution < -0.4 is 16.2 Å². The van der Waals surface area contributed by atoms with E-state index in [1.165, 1.54) is 5.56 Å². The van der Waals surface area contributed by atoms with E-state index in [4.69, 9.17) is 15.7 Å². The zero-order valence-corrected chi connectivity index (χ0v) is 20.6. The van der Waals surface area contributed by atoms with Gasteiger partial charge >= 0.3 is 0 Å². The molecule has 3 heterocycles. The Morgan fingerprint density at radius 1 is 0.971 bits per heavy atom. The molecule has 0 amide bonds. The lowest BCUT2D eigenvalue weighted by molar-refractivity contribution is 0.495. The van der Waals surface area contributed by atoms with E-state index in [1.54, 1.807) is 0 Å². The fourth-order valence-electron chi connectivity index (χ4n) is 5.08. The van der Waals surface area contributed by atoms with E-state index in [-0.39, 0.29) is 17.6 Å². The zero-order chi connectivity index (χ0) is 24.4. The van der Waals surface area contributed by atoms with Crippen LogP contribution in [0.4, 0.5) is 5.95 Å². The molecule has 182 valence electrons. The molecule has 1 fully saturated rings. The van der Waals surface area contributed by atoms with Crippen molar-refractivity contribution < 1.29 is 0 Å². The first-order chi connectivity index (χ1) is 17.0. The molecule has 7 nitrogen and oxygen atoms in total. The van der Waals surface area contributed by atoms with Gasteiger partial charge in [-0.2, -0.15) is 4.98 Å². The number of nitrogens with two attached hydrogens (primary N) is 1. The number of imidazole rings is 1. The van der Waals surface area contributed by atoms with Crippen molar-refractivity contribution >= 4 is 17.1 Å². The molecule has 0 spiro atoms. The van der Waals surface area contributed by atoms with Crippen LogP contribution >= 0.6 is 0 Å². The SMILES string of the molecule is CC(C)n1c(CCc2ccccc2)nc2nc(N3CCCC(N)C3)n(Cc3ccccc3)c2c1=O. The number of rotatable bonds is 7.